The van der Waals surface area contributed by atoms with Crippen LogP contribution < -0.4 is 0 Å². The van der Waals surface area contributed by atoms with Gasteiger partial charge in [0.15, 0.2) is 0 Å². The summed E-state index contributed by atoms with van der Waals surface area (Å²) >= 11 is 0. The zero-order valence-electron chi connectivity index (χ0n) is 17.9. The van der Waals surface area contributed by atoms with E-state index >= 15 is 0 Å². The Morgan fingerprint density at radius 3 is 2.74 bits per heavy atom. The van der Waals surface area contributed by atoms with E-state index in [9.17, 15) is 13.2 Å². The van der Waals surface area contributed by atoms with Crippen LogP contribution in [0.4, 0.5) is 0 Å². The summed E-state index contributed by atoms with van der Waals surface area (Å²) in [5.41, 5.74) is 0.488. The summed E-state index contributed by atoms with van der Waals surface area (Å²) < 4.78 is 33.6. The Labute approximate surface area is 183 Å². The predicted octanol–water partition coefficient (Wildman–Crippen LogP) is 1.57. The Balaban J connectivity index is 1.43. The molecule has 2 aliphatic rings. The molecule has 4 rings (SSSR count). The van der Waals surface area contributed by atoms with Crippen LogP contribution in [-0.4, -0.2) is 91.9 Å². The smallest absolute Gasteiger partial charge is 0.245 e. The van der Waals surface area contributed by atoms with Crippen molar-refractivity contribution in [1.29, 1.82) is 0 Å². The van der Waals surface area contributed by atoms with Crippen molar-refractivity contribution in [2.45, 2.75) is 30.7 Å². The summed E-state index contributed by atoms with van der Waals surface area (Å²) in [5, 5.41) is 0.799. The summed E-state index contributed by atoms with van der Waals surface area (Å²) in [6, 6.07) is 8.79. The molecule has 2 fully saturated rings. The highest BCUT2D eigenvalue weighted by Crippen LogP contribution is 2.28. The summed E-state index contributed by atoms with van der Waals surface area (Å²) in [4.78, 5) is 21.1. The first kappa shape index (κ1) is 22.1. The first-order valence-corrected chi connectivity index (χ1v) is 12.3. The molecule has 168 valence electrons. The quantitative estimate of drug-likeness (QED) is 0.642. The van der Waals surface area contributed by atoms with Crippen LogP contribution in [0.3, 0.4) is 0 Å². The lowest BCUT2D eigenvalue weighted by molar-refractivity contribution is -0.131. The summed E-state index contributed by atoms with van der Waals surface area (Å²) in [7, 11) is -3.68. The molecule has 0 radical (unpaired) electrons. The van der Waals surface area contributed by atoms with Crippen LogP contribution in [0, 0.1) is 0 Å². The second-order valence-corrected chi connectivity index (χ2v) is 10.1. The van der Waals surface area contributed by atoms with Gasteiger partial charge in [0, 0.05) is 63.8 Å². The molecule has 1 atom stereocenters. The van der Waals surface area contributed by atoms with Crippen molar-refractivity contribution in [2.24, 2.45) is 0 Å². The molecule has 1 aromatic carbocycles. The Morgan fingerprint density at radius 1 is 1.19 bits per heavy atom. The Hall–Kier alpha value is -2.07. The van der Waals surface area contributed by atoms with Gasteiger partial charge in [0.25, 0.3) is 0 Å². The van der Waals surface area contributed by atoms with Gasteiger partial charge in [-0.05, 0) is 25.0 Å². The minimum absolute atomic E-state index is 0.00180. The van der Waals surface area contributed by atoms with Crippen LogP contribution in [0.15, 0.2) is 41.4 Å². The van der Waals surface area contributed by atoms with Crippen LogP contribution >= 0.6 is 0 Å². The highest BCUT2D eigenvalue weighted by atomic mass is 32.2. The molecule has 9 heteroatoms. The van der Waals surface area contributed by atoms with Crippen molar-refractivity contribution in [2.75, 3.05) is 52.5 Å². The van der Waals surface area contributed by atoms with Gasteiger partial charge in [-0.3, -0.25) is 14.7 Å². The average Bonchev–Trinajstić information content (AvgIpc) is 3.27. The molecule has 1 aromatic heterocycles. The molecule has 2 saturated heterocycles. The van der Waals surface area contributed by atoms with Crippen LogP contribution in [0.2, 0.25) is 0 Å². The maximum atomic E-state index is 13.4. The average molecular weight is 447 g/mol. The highest BCUT2D eigenvalue weighted by Gasteiger charge is 2.37. The molecule has 0 saturated carbocycles. The number of hydrogen-bond acceptors (Lipinski definition) is 6. The molecule has 0 spiro atoms. The molecule has 3 heterocycles. The van der Waals surface area contributed by atoms with E-state index in [0.29, 0.717) is 31.6 Å². The van der Waals surface area contributed by atoms with E-state index in [2.05, 4.69) is 9.88 Å². The zero-order valence-corrected chi connectivity index (χ0v) is 18.8. The van der Waals surface area contributed by atoms with E-state index in [1.165, 1.54) is 4.31 Å². The van der Waals surface area contributed by atoms with Gasteiger partial charge in [0.2, 0.25) is 15.9 Å². The van der Waals surface area contributed by atoms with Gasteiger partial charge >= 0.3 is 0 Å². The topological polar surface area (TPSA) is 83.0 Å². The minimum atomic E-state index is -3.68. The number of pyridine rings is 1. The van der Waals surface area contributed by atoms with E-state index in [-0.39, 0.29) is 16.8 Å². The molecule has 0 bridgehead atoms. The number of para-hydroxylation sites is 1. The van der Waals surface area contributed by atoms with Crippen LogP contribution in [0.5, 0.6) is 0 Å². The van der Waals surface area contributed by atoms with Gasteiger partial charge in [0.1, 0.15) is 4.90 Å². The lowest BCUT2D eigenvalue weighted by Crippen LogP contribution is -2.43. The highest BCUT2D eigenvalue weighted by molar-refractivity contribution is 7.89. The second kappa shape index (κ2) is 9.60. The van der Waals surface area contributed by atoms with Gasteiger partial charge in [0.05, 0.1) is 18.7 Å². The van der Waals surface area contributed by atoms with Gasteiger partial charge in [-0.2, -0.15) is 4.31 Å². The number of nitrogens with zero attached hydrogens (tertiary/aromatic N) is 4. The van der Waals surface area contributed by atoms with Crippen LogP contribution in [-0.2, 0) is 19.6 Å². The molecule has 2 aliphatic heterocycles. The molecule has 0 aliphatic carbocycles. The molecular formula is C22H30N4O4S. The summed E-state index contributed by atoms with van der Waals surface area (Å²) in [5.74, 6) is -0.00180. The van der Waals surface area contributed by atoms with Gasteiger partial charge < -0.3 is 9.64 Å². The van der Waals surface area contributed by atoms with Gasteiger partial charge in [-0.1, -0.05) is 18.2 Å². The van der Waals surface area contributed by atoms with Crippen molar-refractivity contribution in [3.05, 3.63) is 36.5 Å². The number of carbonyl (C=O) groups is 1. The fraction of sp³-hybridized carbons (Fsp3) is 0.545. The first-order chi connectivity index (χ1) is 15.0. The van der Waals surface area contributed by atoms with Gasteiger partial charge in [-0.15, -0.1) is 0 Å². The normalized spacial score (nSPS) is 20.9. The van der Waals surface area contributed by atoms with E-state index in [4.69, 9.17) is 4.74 Å². The third kappa shape index (κ3) is 4.90. The molecule has 0 N–H and O–H groups in total. The molecule has 2 aromatic rings. The number of benzene rings is 1. The number of carbonyl (C=O) groups excluding carboxylic acids is 1. The Morgan fingerprint density at radius 2 is 1.97 bits per heavy atom. The monoisotopic (exact) mass is 446 g/mol. The maximum Gasteiger partial charge on any atom is 0.245 e. The van der Waals surface area contributed by atoms with E-state index in [0.717, 1.165) is 44.7 Å². The number of hydrogen-bond donors (Lipinski definition) is 0. The Bertz CT molecular complexity index is 1020. The third-order valence-electron chi connectivity index (χ3n) is 6.16. The van der Waals surface area contributed by atoms with E-state index in [1.807, 2.05) is 17.0 Å². The summed E-state index contributed by atoms with van der Waals surface area (Å²) in [6.45, 7) is 7.23. The second-order valence-electron chi connectivity index (χ2n) is 8.16. The molecule has 1 amide bonds. The number of aromatic nitrogens is 1. The molecule has 31 heavy (non-hydrogen) atoms. The van der Waals surface area contributed by atoms with Crippen molar-refractivity contribution in [3.63, 3.8) is 0 Å². The standard InChI is InChI=1S/C22H30N4O4S/c1-18(27)26(11-4-10-24-13-15-30-16-14-24)20-8-12-25(17-20)31(28,29)21-7-2-5-19-6-3-9-23-22(19)21/h2-3,5-7,9,20H,4,8,10-17H2,1H3. The van der Waals surface area contributed by atoms with Crippen molar-refractivity contribution in [1.82, 2.24) is 19.1 Å². The summed E-state index contributed by atoms with van der Waals surface area (Å²) in [6.07, 6.45) is 3.13. The van der Waals surface area contributed by atoms with Crippen LogP contribution in [0.1, 0.15) is 19.8 Å². The number of sulfonamides is 1. The minimum Gasteiger partial charge on any atom is -0.379 e. The van der Waals surface area contributed by atoms with E-state index in [1.54, 1.807) is 31.3 Å². The van der Waals surface area contributed by atoms with Crippen molar-refractivity contribution < 1.29 is 17.9 Å². The number of rotatable bonds is 7. The largest absolute Gasteiger partial charge is 0.379 e. The van der Waals surface area contributed by atoms with Crippen molar-refractivity contribution >= 4 is 26.8 Å². The first-order valence-electron chi connectivity index (χ1n) is 10.9. The molecule has 8 nitrogen and oxygen atoms in total. The fourth-order valence-corrected chi connectivity index (χ4v) is 6.15. The lowest BCUT2D eigenvalue weighted by atomic mass is 10.2. The van der Waals surface area contributed by atoms with E-state index < -0.39 is 10.0 Å². The molecular weight excluding hydrogens is 416 g/mol. The SMILES string of the molecule is CC(=O)N(CCCN1CCOCC1)C1CCN(S(=O)(=O)c2cccc3cccnc23)C1. The maximum absolute atomic E-state index is 13.4. The number of ether oxygens (including phenoxy) is 1. The zero-order chi connectivity index (χ0) is 21.8. The third-order valence-corrected chi connectivity index (χ3v) is 8.06. The predicted molar refractivity (Wildman–Crippen MR) is 118 cm³/mol. The fourth-order valence-electron chi connectivity index (χ4n) is 4.49. The lowest BCUT2D eigenvalue weighted by Gasteiger charge is -2.30. The van der Waals surface area contributed by atoms with Gasteiger partial charge in [-0.25, -0.2) is 8.42 Å². The number of morpholine rings is 1. The molecule has 1 unspecified atom stereocenters. The Kier molecular flexibility index (Phi) is 6.86. The van der Waals surface area contributed by atoms with Crippen LogP contribution in [0.25, 0.3) is 10.9 Å². The van der Waals surface area contributed by atoms with Crippen molar-refractivity contribution in [3.8, 4) is 0 Å². The number of fused-ring (bicyclic) bond motifs is 1. The number of amides is 1.